The first-order valence-electron chi connectivity index (χ1n) is 11.0. The average Bonchev–Trinajstić information content (AvgIpc) is 3.40. The lowest BCUT2D eigenvalue weighted by atomic mass is 10.1. The molecule has 0 aromatic heterocycles. The third-order valence-corrected chi connectivity index (χ3v) is 7.31. The Morgan fingerprint density at radius 2 is 1.79 bits per heavy atom. The molecule has 33 heavy (non-hydrogen) atoms. The number of likely N-dealkylation sites (N-methyl/N-ethyl adjacent to an activating group) is 1. The van der Waals surface area contributed by atoms with Gasteiger partial charge in [-0.2, -0.15) is 0 Å². The Kier molecular flexibility index (Phi) is 10.2. The fourth-order valence-corrected chi connectivity index (χ4v) is 5.07. The lowest BCUT2D eigenvalue weighted by Crippen LogP contribution is -2.58. The number of methoxy groups -OCH3 is 1. The number of benzene rings is 1. The highest BCUT2D eigenvalue weighted by atomic mass is 32.2. The number of aromatic hydroxyl groups is 1. The largest absolute Gasteiger partial charge is 0.508 e. The summed E-state index contributed by atoms with van der Waals surface area (Å²) in [6.07, 6.45) is 2.87. The van der Waals surface area contributed by atoms with Crippen molar-refractivity contribution in [3.63, 3.8) is 0 Å². The quantitative estimate of drug-likeness (QED) is 0.521. The molecule has 5 unspecified atom stereocenters. The highest BCUT2D eigenvalue weighted by Gasteiger charge is 2.47. The summed E-state index contributed by atoms with van der Waals surface area (Å²) in [6.45, 7) is 4.87. The van der Waals surface area contributed by atoms with Crippen LogP contribution in [0.1, 0.15) is 26.7 Å². The standard InChI is InChI=1S/C16H30N4O4S.C6H5FO/c1-10(17-3)15(21)18-14(11(2)24-4)16(22)19-8-6-13-12(19)7-9-20(13)25(5)23;7-5-1-3-6(8)4-2-5/h10-14,17H,6-9H2,1-5H3,(H,18,21);1-4,8H/t10-,11?,12?,13?,14?,25?;/m0./s1. The molecule has 11 heteroatoms. The summed E-state index contributed by atoms with van der Waals surface area (Å²) in [5.74, 6) is -0.598. The molecule has 2 saturated heterocycles. The molecule has 3 rings (SSSR count). The summed E-state index contributed by atoms with van der Waals surface area (Å²) in [5.41, 5.74) is 0. The Balaban J connectivity index is 0.000000405. The zero-order valence-electron chi connectivity index (χ0n) is 19.8. The van der Waals surface area contributed by atoms with Crippen LogP contribution in [0.4, 0.5) is 4.39 Å². The molecule has 1 aromatic carbocycles. The second kappa shape index (κ2) is 12.4. The van der Waals surface area contributed by atoms with Gasteiger partial charge in [0.2, 0.25) is 11.8 Å². The van der Waals surface area contributed by atoms with Crippen molar-refractivity contribution in [2.24, 2.45) is 0 Å². The highest BCUT2D eigenvalue weighted by molar-refractivity contribution is 7.81. The van der Waals surface area contributed by atoms with Crippen LogP contribution in [0.5, 0.6) is 5.75 Å². The number of halogens is 1. The SMILES string of the molecule is CN[C@@H](C)C(=O)NC(C(=O)N1CCC2C1CCN2S(C)=O)C(C)OC.Oc1ccc(F)cc1. The monoisotopic (exact) mass is 486 g/mol. The van der Waals surface area contributed by atoms with E-state index in [1.54, 1.807) is 27.2 Å². The summed E-state index contributed by atoms with van der Waals surface area (Å²) in [5, 5.41) is 14.3. The first kappa shape index (κ1) is 27.2. The number of phenolic OH excluding ortho intramolecular Hbond substituents is 1. The normalized spacial score (nSPS) is 23.6. The number of rotatable bonds is 7. The molecule has 0 aliphatic carbocycles. The number of nitrogens with zero attached hydrogens (tertiary/aromatic N) is 2. The second-order valence-corrected chi connectivity index (χ2v) is 9.54. The van der Waals surface area contributed by atoms with E-state index in [9.17, 15) is 18.2 Å². The summed E-state index contributed by atoms with van der Waals surface area (Å²) in [4.78, 5) is 27.2. The van der Waals surface area contributed by atoms with Crippen molar-refractivity contribution in [1.82, 2.24) is 19.8 Å². The Hall–Kier alpha value is -2.08. The molecule has 0 saturated carbocycles. The van der Waals surface area contributed by atoms with Gasteiger partial charge in [-0.05, 0) is 58.0 Å². The van der Waals surface area contributed by atoms with Gasteiger partial charge < -0.3 is 25.4 Å². The van der Waals surface area contributed by atoms with Gasteiger partial charge in [0, 0.05) is 38.5 Å². The van der Waals surface area contributed by atoms with Gasteiger partial charge in [0.05, 0.1) is 23.1 Å². The van der Waals surface area contributed by atoms with E-state index in [1.165, 1.54) is 31.4 Å². The molecule has 3 N–H and O–H groups in total. The lowest BCUT2D eigenvalue weighted by Gasteiger charge is -2.31. The molecule has 0 spiro atoms. The predicted molar refractivity (Wildman–Crippen MR) is 124 cm³/mol. The van der Waals surface area contributed by atoms with Crippen LogP contribution in [0.25, 0.3) is 0 Å². The van der Waals surface area contributed by atoms with Crippen molar-refractivity contribution in [2.75, 3.05) is 33.5 Å². The van der Waals surface area contributed by atoms with Crippen LogP contribution in [0.2, 0.25) is 0 Å². The van der Waals surface area contributed by atoms with Gasteiger partial charge in [-0.25, -0.2) is 12.9 Å². The molecule has 2 aliphatic heterocycles. The molecule has 2 amide bonds. The number of hydrogen-bond donors (Lipinski definition) is 3. The maximum atomic E-state index is 13.1. The van der Waals surface area contributed by atoms with Crippen LogP contribution in [0.3, 0.4) is 0 Å². The molecule has 0 radical (unpaired) electrons. The van der Waals surface area contributed by atoms with E-state index in [2.05, 4.69) is 10.6 Å². The maximum Gasteiger partial charge on any atom is 0.248 e. The fourth-order valence-electron chi connectivity index (χ4n) is 4.08. The highest BCUT2D eigenvalue weighted by Crippen LogP contribution is 2.33. The molecular formula is C22H35FN4O5S. The number of hydrogen-bond acceptors (Lipinski definition) is 6. The third kappa shape index (κ3) is 6.95. The van der Waals surface area contributed by atoms with E-state index in [1.807, 2.05) is 9.21 Å². The van der Waals surface area contributed by atoms with Crippen LogP contribution in [-0.4, -0.2) is 94.1 Å². The minimum atomic E-state index is -1.02. The zero-order chi connectivity index (χ0) is 24.7. The maximum absolute atomic E-state index is 13.1. The Labute approximate surface area is 197 Å². The molecular weight excluding hydrogens is 451 g/mol. The first-order chi connectivity index (χ1) is 15.6. The number of amides is 2. The molecule has 9 nitrogen and oxygen atoms in total. The van der Waals surface area contributed by atoms with Gasteiger partial charge >= 0.3 is 0 Å². The molecule has 2 fully saturated rings. The number of carbonyl (C=O) groups is 2. The molecule has 6 atom stereocenters. The van der Waals surface area contributed by atoms with Crippen LogP contribution in [0.15, 0.2) is 24.3 Å². The molecule has 2 heterocycles. The number of ether oxygens (including phenoxy) is 1. The summed E-state index contributed by atoms with van der Waals surface area (Å²) in [6, 6.07) is 4.08. The Bertz CT molecular complexity index is 807. The summed E-state index contributed by atoms with van der Waals surface area (Å²) >= 11 is 0. The molecule has 186 valence electrons. The van der Waals surface area contributed by atoms with E-state index in [0.29, 0.717) is 6.54 Å². The topological polar surface area (TPSA) is 111 Å². The van der Waals surface area contributed by atoms with Crippen molar-refractivity contribution in [3.05, 3.63) is 30.1 Å². The van der Waals surface area contributed by atoms with Crippen LogP contribution < -0.4 is 10.6 Å². The Morgan fingerprint density at radius 1 is 1.18 bits per heavy atom. The van der Waals surface area contributed by atoms with Crippen molar-refractivity contribution >= 4 is 22.8 Å². The van der Waals surface area contributed by atoms with E-state index >= 15 is 0 Å². The Morgan fingerprint density at radius 3 is 2.30 bits per heavy atom. The fraction of sp³-hybridized carbons (Fsp3) is 0.636. The van der Waals surface area contributed by atoms with Crippen LogP contribution in [-0.2, 0) is 25.3 Å². The summed E-state index contributed by atoms with van der Waals surface area (Å²) < 4.78 is 31.1. The minimum Gasteiger partial charge on any atom is -0.508 e. The van der Waals surface area contributed by atoms with E-state index in [4.69, 9.17) is 9.84 Å². The van der Waals surface area contributed by atoms with Gasteiger partial charge in [0.15, 0.2) is 0 Å². The van der Waals surface area contributed by atoms with E-state index < -0.39 is 29.2 Å². The minimum absolute atomic E-state index is 0.0570. The van der Waals surface area contributed by atoms with Crippen molar-refractivity contribution in [1.29, 1.82) is 0 Å². The van der Waals surface area contributed by atoms with Crippen molar-refractivity contribution in [2.45, 2.75) is 57.0 Å². The van der Waals surface area contributed by atoms with Gasteiger partial charge in [-0.15, -0.1) is 0 Å². The van der Waals surface area contributed by atoms with Crippen molar-refractivity contribution in [3.8, 4) is 5.75 Å². The van der Waals surface area contributed by atoms with Crippen LogP contribution >= 0.6 is 0 Å². The van der Waals surface area contributed by atoms with Crippen LogP contribution in [0, 0.1) is 5.82 Å². The first-order valence-corrected chi connectivity index (χ1v) is 12.5. The average molecular weight is 487 g/mol. The lowest BCUT2D eigenvalue weighted by molar-refractivity contribution is -0.141. The summed E-state index contributed by atoms with van der Waals surface area (Å²) in [7, 11) is 2.20. The smallest absolute Gasteiger partial charge is 0.248 e. The number of likely N-dealkylation sites (tertiary alicyclic amines) is 1. The molecule has 0 bridgehead atoms. The van der Waals surface area contributed by atoms with Gasteiger partial charge in [-0.3, -0.25) is 9.59 Å². The molecule has 1 aromatic rings. The second-order valence-electron chi connectivity index (χ2n) is 8.22. The third-order valence-electron chi connectivity index (χ3n) is 6.20. The van der Waals surface area contributed by atoms with E-state index in [-0.39, 0.29) is 35.5 Å². The van der Waals surface area contributed by atoms with Crippen molar-refractivity contribution < 1.29 is 28.0 Å². The number of fused-ring (bicyclic) bond motifs is 1. The number of phenols is 1. The molecule has 2 aliphatic rings. The van der Waals surface area contributed by atoms with Gasteiger partial charge in [0.25, 0.3) is 0 Å². The zero-order valence-corrected chi connectivity index (χ0v) is 20.6. The van der Waals surface area contributed by atoms with Gasteiger partial charge in [-0.1, -0.05) is 0 Å². The predicted octanol–water partition coefficient (Wildman–Crippen LogP) is 0.614. The van der Waals surface area contributed by atoms with Gasteiger partial charge in [0.1, 0.15) is 17.6 Å². The number of nitrogens with one attached hydrogen (secondary N) is 2. The van der Waals surface area contributed by atoms with E-state index in [0.717, 1.165) is 19.4 Å². The number of carbonyl (C=O) groups excluding carboxylic acids is 2.